The van der Waals surface area contributed by atoms with E-state index in [1.807, 2.05) is 0 Å². The van der Waals surface area contributed by atoms with Gasteiger partial charge in [0.25, 0.3) is 5.91 Å². The Kier molecular flexibility index (Phi) is 7.35. The van der Waals surface area contributed by atoms with Crippen molar-refractivity contribution < 1.29 is 37.4 Å². The zero-order valence-corrected chi connectivity index (χ0v) is 21.3. The molecule has 0 saturated carbocycles. The fourth-order valence-electron chi connectivity index (χ4n) is 4.15. The molecule has 10 nitrogen and oxygen atoms in total. The third-order valence-electron chi connectivity index (χ3n) is 5.88. The minimum Gasteiger partial charge on any atom is -0.477 e. The summed E-state index contributed by atoms with van der Waals surface area (Å²) in [5.41, 5.74) is -1.24. The van der Waals surface area contributed by atoms with E-state index in [0.717, 1.165) is 18.3 Å². The van der Waals surface area contributed by atoms with Gasteiger partial charge in [0.15, 0.2) is 5.69 Å². The Morgan fingerprint density at radius 1 is 1.13 bits per heavy atom. The summed E-state index contributed by atoms with van der Waals surface area (Å²) in [5.74, 6) is -1.94. The van der Waals surface area contributed by atoms with E-state index in [0.29, 0.717) is 30.8 Å². The second-order valence-corrected chi connectivity index (χ2v) is 9.94. The molecular weight excluding hydrogens is 519 g/mol. The van der Waals surface area contributed by atoms with Gasteiger partial charge in [0.1, 0.15) is 22.9 Å². The second-order valence-electron chi connectivity index (χ2n) is 9.94. The number of carboxylic acids is 1. The number of nitrogens with one attached hydrogen (secondary N) is 2. The van der Waals surface area contributed by atoms with Crippen molar-refractivity contribution in [3.63, 3.8) is 0 Å². The number of nitrogens with zero attached hydrogens (tertiary/aromatic N) is 3. The highest BCUT2D eigenvalue weighted by atomic mass is 19.4. The van der Waals surface area contributed by atoms with Crippen LogP contribution in [0.15, 0.2) is 42.6 Å². The molecule has 39 heavy (non-hydrogen) atoms. The molecule has 3 N–H and O–H groups in total. The molecule has 0 spiro atoms. The lowest BCUT2D eigenvalue weighted by Gasteiger charge is -2.27. The van der Waals surface area contributed by atoms with Gasteiger partial charge in [-0.15, -0.1) is 0 Å². The molecule has 2 amide bonds. The molecule has 0 bridgehead atoms. The molecule has 1 aliphatic rings. The number of aromatic nitrogens is 3. The topological polar surface area (TPSA) is 138 Å². The van der Waals surface area contributed by atoms with Crippen LogP contribution in [0.25, 0.3) is 11.3 Å². The zero-order chi connectivity index (χ0) is 28.5. The number of anilines is 1. The van der Waals surface area contributed by atoms with Crippen LogP contribution in [0.1, 0.15) is 71.9 Å². The molecule has 1 atom stereocenters. The Morgan fingerprint density at radius 3 is 2.44 bits per heavy atom. The Balaban J connectivity index is 1.55. The number of alkyl halides is 3. The summed E-state index contributed by atoms with van der Waals surface area (Å²) in [5, 5.41) is 12.1. The lowest BCUT2D eigenvalue weighted by molar-refractivity contribution is -0.137. The highest BCUT2D eigenvalue weighted by molar-refractivity contribution is 6.04. The maximum absolute atomic E-state index is 12.9. The van der Waals surface area contributed by atoms with Crippen LogP contribution in [-0.2, 0) is 10.9 Å². The van der Waals surface area contributed by atoms with Gasteiger partial charge in [0, 0.05) is 23.9 Å². The average Bonchev–Trinajstić information content (AvgIpc) is 3.50. The average molecular weight is 546 g/mol. The number of imidazole rings is 1. The van der Waals surface area contributed by atoms with Crippen molar-refractivity contribution in [1.29, 1.82) is 0 Å². The first-order valence-electron chi connectivity index (χ1n) is 12.0. The molecule has 4 rings (SSSR count). The van der Waals surface area contributed by atoms with Crippen LogP contribution in [0.4, 0.5) is 23.8 Å². The van der Waals surface area contributed by atoms with Gasteiger partial charge in [-0.25, -0.2) is 19.6 Å². The minimum absolute atomic E-state index is 0.109. The second kappa shape index (κ2) is 10.4. The summed E-state index contributed by atoms with van der Waals surface area (Å²) in [4.78, 5) is 49.8. The molecule has 3 aromatic rings. The highest BCUT2D eigenvalue weighted by Gasteiger charge is 2.36. The largest absolute Gasteiger partial charge is 0.477 e. The molecule has 2 aromatic heterocycles. The fourth-order valence-corrected chi connectivity index (χ4v) is 4.15. The molecule has 3 heterocycles. The summed E-state index contributed by atoms with van der Waals surface area (Å²) in [6.07, 6.45) is -2.92. The number of likely N-dealkylation sites (tertiary alicyclic amines) is 1. The van der Waals surface area contributed by atoms with Crippen LogP contribution >= 0.6 is 0 Å². The summed E-state index contributed by atoms with van der Waals surface area (Å²) < 4.78 is 44.3. The molecule has 1 saturated heterocycles. The van der Waals surface area contributed by atoms with E-state index in [9.17, 15) is 32.7 Å². The van der Waals surface area contributed by atoms with Gasteiger partial charge < -0.3 is 20.1 Å². The first kappa shape index (κ1) is 27.6. The van der Waals surface area contributed by atoms with Crippen molar-refractivity contribution in [1.82, 2.24) is 19.9 Å². The van der Waals surface area contributed by atoms with Crippen molar-refractivity contribution in [2.24, 2.45) is 0 Å². The van der Waals surface area contributed by atoms with Gasteiger partial charge in [-0.2, -0.15) is 13.2 Å². The van der Waals surface area contributed by atoms with E-state index >= 15 is 0 Å². The number of carbonyl (C=O) groups is 3. The number of pyridine rings is 1. The molecule has 206 valence electrons. The Bertz CT molecular complexity index is 1400. The standard InChI is InChI=1S/C26H26F3N5O5/c1-25(2,3)39-24(38)34-12-4-5-17(34)21-32-19(20(33-21)23(36)37)14-6-8-15(9-7-14)22(35)31-18-13-16(10-11-30-18)26(27,28)29/h6-11,13,17H,4-5,12H2,1-3H3,(H,32,33)(H,36,37)(H,30,31,35). The first-order valence-corrected chi connectivity index (χ1v) is 12.0. The molecule has 0 radical (unpaired) electrons. The van der Waals surface area contributed by atoms with Crippen LogP contribution < -0.4 is 5.32 Å². The van der Waals surface area contributed by atoms with Crippen molar-refractivity contribution >= 4 is 23.8 Å². The van der Waals surface area contributed by atoms with Crippen LogP contribution in [0.3, 0.4) is 0 Å². The van der Waals surface area contributed by atoms with Crippen LogP contribution in [0.5, 0.6) is 0 Å². The molecule has 1 aromatic carbocycles. The quantitative estimate of drug-likeness (QED) is 0.384. The minimum atomic E-state index is -4.59. The van der Waals surface area contributed by atoms with Gasteiger partial charge >= 0.3 is 18.2 Å². The van der Waals surface area contributed by atoms with E-state index in [-0.39, 0.29) is 22.8 Å². The van der Waals surface area contributed by atoms with Gasteiger partial charge in [-0.3, -0.25) is 9.69 Å². The van der Waals surface area contributed by atoms with Crippen molar-refractivity contribution in [2.75, 3.05) is 11.9 Å². The highest BCUT2D eigenvalue weighted by Crippen LogP contribution is 2.34. The van der Waals surface area contributed by atoms with Crippen LogP contribution in [0, 0.1) is 0 Å². The smallest absolute Gasteiger partial charge is 0.416 e. The number of aromatic amines is 1. The van der Waals surface area contributed by atoms with Crippen molar-refractivity contribution in [2.45, 2.75) is 51.4 Å². The SMILES string of the molecule is CC(C)(C)OC(=O)N1CCCC1c1nc(-c2ccc(C(=O)Nc3cc(C(F)(F)F)ccn3)cc2)c(C(=O)O)[nH]1. The Labute approximate surface area is 221 Å². The monoisotopic (exact) mass is 545 g/mol. The summed E-state index contributed by atoms with van der Waals surface area (Å²) in [6.45, 7) is 5.69. The van der Waals surface area contributed by atoms with Gasteiger partial charge in [0.05, 0.1) is 11.6 Å². The molecular formula is C26H26F3N5O5. The number of ether oxygens (including phenoxy) is 1. The molecule has 1 unspecified atom stereocenters. The molecule has 1 fully saturated rings. The van der Waals surface area contributed by atoms with Crippen LogP contribution in [0.2, 0.25) is 0 Å². The number of amides is 2. The number of halogens is 3. The third-order valence-corrected chi connectivity index (χ3v) is 5.88. The number of hydrogen-bond acceptors (Lipinski definition) is 6. The lowest BCUT2D eigenvalue weighted by atomic mass is 10.1. The Morgan fingerprint density at radius 2 is 1.82 bits per heavy atom. The normalized spacial score (nSPS) is 15.7. The van der Waals surface area contributed by atoms with Gasteiger partial charge in [0.2, 0.25) is 0 Å². The number of H-pyrrole nitrogens is 1. The molecule has 0 aliphatic carbocycles. The predicted octanol–water partition coefficient (Wildman–Crippen LogP) is 5.51. The Hall–Kier alpha value is -4.42. The zero-order valence-electron chi connectivity index (χ0n) is 21.3. The number of hydrogen-bond donors (Lipinski definition) is 3. The number of rotatable bonds is 5. The summed E-state index contributed by atoms with van der Waals surface area (Å²) in [7, 11) is 0. The number of aromatic carboxylic acids is 1. The number of carbonyl (C=O) groups excluding carboxylic acids is 2. The maximum Gasteiger partial charge on any atom is 0.416 e. The van der Waals surface area contributed by atoms with E-state index in [2.05, 4.69) is 20.3 Å². The van der Waals surface area contributed by atoms with Gasteiger partial charge in [-0.1, -0.05) is 12.1 Å². The summed E-state index contributed by atoms with van der Waals surface area (Å²) in [6, 6.07) is 6.74. The van der Waals surface area contributed by atoms with Crippen molar-refractivity contribution in [3.8, 4) is 11.3 Å². The van der Waals surface area contributed by atoms with E-state index in [1.54, 1.807) is 20.8 Å². The van der Waals surface area contributed by atoms with Crippen molar-refractivity contribution in [3.05, 3.63) is 65.2 Å². The fraction of sp³-hybridized carbons (Fsp3) is 0.346. The molecule has 13 heteroatoms. The summed E-state index contributed by atoms with van der Waals surface area (Å²) >= 11 is 0. The first-order chi connectivity index (χ1) is 18.2. The number of benzene rings is 1. The number of carboxylic acid groups (broad SMARTS) is 1. The van der Waals surface area contributed by atoms with E-state index in [1.165, 1.54) is 29.2 Å². The lowest BCUT2D eigenvalue weighted by Crippen LogP contribution is -2.36. The van der Waals surface area contributed by atoms with Gasteiger partial charge in [-0.05, 0) is 57.9 Å². The third kappa shape index (κ3) is 6.36. The van der Waals surface area contributed by atoms with E-state index in [4.69, 9.17) is 4.74 Å². The predicted molar refractivity (Wildman–Crippen MR) is 133 cm³/mol. The molecule has 1 aliphatic heterocycles. The maximum atomic E-state index is 12.9. The van der Waals surface area contributed by atoms with Crippen LogP contribution in [-0.4, -0.2) is 55.1 Å². The van der Waals surface area contributed by atoms with E-state index < -0.39 is 41.4 Å².